The van der Waals surface area contributed by atoms with Crippen molar-refractivity contribution < 1.29 is 22.8 Å². The number of halogens is 4. The number of alkyl halides is 3. The number of amides is 2. The quantitative estimate of drug-likeness (QED) is 0.321. The maximum Gasteiger partial charge on any atom is 0.446 e. The zero-order chi connectivity index (χ0) is 20.5. The molecule has 0 aliphatic carbocycles. The second kappa shape index (κ2) is 7.94. The molecule has 3 rings (SSSR count). The summed E-state index contributed by atoms with van der Waals surface area (Å²) < 4.78 is 37.7. The fraction of sp³-hybridized carbons (Fsp3) is 0.0556. The first-order chi connectivity index (χ1) is 13.1. The molecule has 28 heavy (non-hydrogen) atoms. The number of hydrogen-bond donors (Lipinski definition) is 1. The van der Waals surface area contributed by atoms with Crippen LogP contribution >= 0.6 is 35.6 Å². The lowest BCUT2D eigenvalue weighted by Gasteiger charge is -2.29. The SMILES string of the molecule is O=C1NC(=S)N(c2ccc(Cl)cc2)C(=O)/C1=C/c1cccc(SC(F)(F)F)c1. The van der Waals surface area contributed by atoms with Crippen molar-refractivity contribution in [2.45, 2.75) is 10.4 Å². The Morgan fingerprint density at radius 1 is 1.11 bits per heavy atom. The average molecular weight is 443 g/mol. The molecule has 10 heteroatoms. The van der Waals surface area contributed by atoms with Gasteiger partial charge in [0.05, 0.1) is 5.69 Å². The Morgan fingerprint density at radius 2 is 1.79 bits per heavy atom. The highest BCUT2D eigenvalue weighted by atomic mass is 35.5. The third kappa shape index (κ3) is 4.73. The third-order valence-electron chi connectivity index (χ3n) is 3.59. The Bertz CT molecular complexity index is 991. The third-order valence-corrected chi connectivity index (χ3v) is 4.85. The summed E-state index contributed by atoms with van der Waals surface area (Å²) in [6.45, 7) is 0. The number of nitrogens with one attached hydrogen (secondary N) is 1. The standard InChI is InChI=1S/C18H10ClF3N2O2S2/c19-11-4-6-12(7-5-11)24-16(26)14(15(25)23-17(24)27)9-10-2-1-3-13(8-10)28-18(20,21)22/h1-9H,(H,23,25,27)/b14-9+. The van der Waals surface area contributed by atoms with Crippen molar-refractivity contribution in [2.24, 2.45) is 0 Å². The van der Waals surface area contributed by atoms with Crippen molar-refractivity contribution in [3.63, 3.8) is 0 Å². The van der Waals surface area contributed by atoms with Gasteiger partial charge in [-0.2, -0.15) is 13.2 Å². The van der Waals surface area contributed by atoms with E-state index in [0.29, 0.717) is 10.7 Å². The van der Waals surface area contributed by atoms with Crippen LogP contribution in [0.5, 0.6) is 0 Å². The number of carbonyl (C=O) groups excluding carboxylic acids is 2. The van der Waals surface area contributed by atoms with E-state index in [9.17, 15) is 22.8 Å². The van der Waals surface area contributed by atoms with Crippen LogP contribution in [0.2, 0.25) is 5.02 Å². The molecule has 0 radical (unpaired) electrons. The molecular formula is C18H10ClF3N2O2S2. The molecule has 0 saturated carbocycles. The Morgan fingerprint density at radius 3 is 2.43 bits per heavy atom. The van der Waals surface area contributed by atoms with Crippen molar-refractivity contribution in [3.05, 3.63) is 64.7 Å². The normalized spacial score (nSPS) is 16.5. The van der Waals surface area contributed by atoms with Crippen LogP contribution in [0.25, 0.3) is 6.08 Å². The maximum absolute atomic E-state index is 12.8. The van der Waals surface area contributed by atoms with E-state index in [-0.39, 0.29) is 32.9 Å². The van der Waals surface area contributed by atoms with Gasteiger partial charge in [0, 0.05) is 9.92 Å². The van der Waals surface area contributed by atoms with E-state index in [1.165, 1.54) is 30.3 Å². The number of hydrogen-bond acceptors (Lipinski definition) is 4. The molecule has 4 nitrogen and oxygen atoms in total. The molecule has 1 heterocycles. The minimum Gasteiger partial charge on any atom is -0.298 e. The molecule has 1 fully saturated rings. The molecule has 2 aromatic rings. The lowest BCUT2D eigenvalue weighted by atomic mass is 10.1. The second-order valence-corrected chi connectivity index (χ2v) is 7.52. The summed E-state index contributed by atoms with van der Waals surface area (Å²) in [5.41, 5.74) is -4.03. The first kappa shape index (κ1) is 20.4. The molecule has 1 N–H and O–H groups in total. The zero-order valence-corrected chi connectivity index (χ0v) is 16.2. The molecule has 0 bridgehead atoms. The number of benzene rings is 2. The van der Waals surface area contributed by atoms with E-state index < -0.39 is 17.3 Å². The van der Waals surface area contributed by atoms with E-state index in [4.69, 9.17) is 23.8 Å². The van der Waals surface area contributed by atoms with Gasteiger partial charge in [-0.05, 0) is 72.0 Å². The predicted molar refractivity (Wildman–Crippen MR) is 106 cm³/mol. The average Bonchev–Trinajstić information content (AvgIpc) is 2.59. The Balaban J connectivity index is 1.95. The Kier molecular flexibility index (Phi) is 5.78. The first-order valence-corrected chi connectivity index (χ1v) is 9.27. The topological polar surface area (TPSA) is 49.4 Å². The van der Waals surface area contributed by atoms with E-state index in [1.54, 1.807) is 24.3 Å². The van der Waals surface area contributed by atoms with Gasteiger partial charge >= 0.3 is 5.51 Å². The van der Waals surface area contributed by atoms with Crippen molar-refractivity contribution in [1.82, 2.24) is 5.32 Å². The Labute approximate surface area is 172 Å². The molecule has 0 atom stereocenters. The monoisotopic (exact) mass is 442 g/mol. The maximum atomic E-state index is 12.8. The van der Waals surface area contributed by atoms with E-state index in [0.717, 1.165) is 4.90 Å². The largest absolute Gasteiger partial charge is 0.446 e. The Hall–Kier alpha value is -2.36. The van der Waals surface area contributed by atoms with Crippen LogP contribution < -0.4 is 10.2 Å². The van der Waals surface area contributed by atoms with Gasteiger partial charge < -0.3 is 0 Å². The smallest absolute Gasteiger partial charge is 0.298 e. The molecule has 0 aromatic heterocycles. The lowest BCUT2D eigenvalue weighted by molar-refractivity contribution is -0.122. The fourth-order valence-electron chi connectivity index (χ4n) is 2.45. The van der Waals surface area contributed by atoms with Crippen LogP contribution in [0.1, 0.15) is 5.56 Å². The number of rotatable bonds is 3. The minimum absolute atomic E-state index is 0.0596. The van der Waals surface area contributed by atoms with Crippen molar-refractivity contribution in [3.8, 4) is 0 Å². The van der Waals surface area contributed by atoms with Crippen LogP contribution in [0.15, 0.2) is 59.0 Å². The molecule has 2 amide bonds. The van der Waals surface area contributed by atoms with Gasteiger partial charge in [0.2, 0.25) is 0 Å². The minimum atomic E-state index is -4.44. The van der Waals surface area contributed by atoms with Crippen LogP contribution in [0.4, 0.5) is 18.9 Å². The van der Waals surface area contributed by atoms with Gasteiger partial charge in [0.25, 0.3) is 11.8 Å². The van der Waals surface area contributed by atoms with Gasteiger partial charge in [0.15, 0.2) is 5.11 Å². The first-order valence-electron chi connectivity index (χ1n) is 7.67. The molecule has 1 saturated heterocycles. The predicted octanol–water partition coefficient (Wildman–Crippen LogP) is 4.78. The van der Waals surface area contributed by atoms with Crippen LogP contribution in [-0.4, -0.2) is 22.4 Å². The molecule has 144 valence electrons. The van der Waals surface area contributed by atoms with Crippen molar-refractivity contribution >= 4 is 64.3 Å². The summed E-state index contributed by atoms with van der Waals surface area (Å²) >= 11 is 10.6. The highest BCUT2D eigenvalue weighted by molar-refractivity contribution is 8.00. The highest BCUT2D eigenvalue weighted by Crippen LogP contribution is 2.37. The number of thiocarbonyl (C=S) groups is 1. The number of carbonyl (C=O) groups is 2. The van der Waals surface area contributed by atoms with E-state index in [2.05, 4.69) is 5.32 Å². The summed E-state index contributed by atoms with van der Waals surface area (Å²) in [5.74, 6) is -1.42. The van der Waals surface area contributed by atoms with Crippen molar-refractivity contribution in [1.29, 1.82) is 0 Å². The zero-order valence-electron chi connectivity index (χ0n) is 13.8. The lowest BCUT2D eigenvalue weighted by Crippen LogP contribution is -2.54. The van der Waals surface area contributed by atoms with Crippen LogP contribution in [0, 0.1) is 0 Å². The van der Waals surface area contributed by atoms with E-state index >= 15 is 0 Å². The van der Waals surface area contributed by atoms with Gasteiger partial charge in [-0.25, -0.2) is 0 Å². The molecule has 0 spiro atoms. The van der Waals surface area contributed by atoms with Gasteiger partial charge in [-0.15, -0.1) is 0 Å². The molecule has 1 aliphatic heterocycles. The van der Waals surface area contributed by atoms with E-state index in [1.807, 2.05) is 0 Å². The number of thioether (sulfide) groups is 1. The summed E-state index contributed by atoms with van der Waals surface area (Å²) in [4.78, 5) is 26.1. The summed E-state index contributed by atoms with van der Waals surface area (Å²) in [5, 5.41) is 2.76. The summed E-state index contributed by atoms with van der Waals surface area (Å²) in [7, 11) is 0. The number of nitrogens with zero attached hydrogens (tertiary/aromatic N) is 1. The summed E-state index contributed by atoms with van der Waals surface area (Å²) in [6, 6.07) is 11.7. The van der Waals surface area contributed by atoms with Crippen LogP contribution in [-0.2, 0) is 9.59 Å². The van der Waals surface area contributed by atoms with Gasteiger partial charge in [-0.1, -0.05) is 23.7 Å². The molecular weight excluding hydrogens is 433 g/mol. The highest BCUT2D eigenvalue weighted by Gasteiger charge is 2.34. The fourth-order valence-corrected chi connectivity index (χ4v) is 3.47. The van der Waals surface area contributed by atoms with Crippen LogP contribution in [0.3, 0.4) is 0 Å². The van der Waals surface area contributed by atoms with Crippen molar-refractivity contribution in [2.75, 3.05) is 4.90 Å². The molecule has 1 aliphatic rings. The number of anilines is 1. The molecule has 0 unspecified atom stereocenters. The van der Waals surface area contributed by atoms with Gasteiger partial charge in [0.1, 0.15) is 5.57 Å². The van der Waals surface area contributed by atoms with Gasteiger partial charge in [-0.3, -0.25) is 19.8 Å². The second-order valence-electron chi connectivity index (χ2n) is 5.55. The molecule has 2 aromatic carbocycles. The summed E-state index contributed by atoms with van der Waals surface area (Å²) in [6.07, 6.45) is 1.22.